The molecule has 0 bridgehead atoms. The first-order chi connectivity index (χ1) is 11.2. The molecule has 0 aromatic heterocycles. The van der Waals surface area contributed by atoms with E-state index >= 15 is 0 Å². The molecule has 0 aliphatic heterocycles. The number of rotatable bonds is 6. The van der Waals surface area contributed by atoms with Gasteiger partial charge in [0.25, 0.3) is 0 Å². The molecule has 0 fully saturated rings. The number of hydrogen-bond donors (Lipinski definition) is 0. The van der Waals surface area contributed by atoms with Gasteiger partial charge in [0, 0.05) is 11.1 Å². The highest BCUT2D eigenvalue weighted by Gasteiger charge is 2.39. The highest BCUT2D eigenvalue weighted by molar-refractivity contribution is 5.41. The fourth-order valence-corrected chi connectivity index (χ4v) is 2.41. The lowest BCUT2D eigenvalue weighted by Gasteiger charge is -2.36. The first-order valence-electron chi connectivity index (χ1n) is 7.20. The van der Waals surface area contributed by atoms with Crippen molar-refractivity contribution in [2.24, 2.45) is 0 Å². The van der Waals surface area contributed by atoms with E-state index in [1.807, 2.05) is 60.7 Å². The minimum absolute atomic E-state index is 0.787. The molecule has 0 saturated carbocycles. The standard InChI is InChI=1S/C22H18O/c1-5-21(6-2,19-15-11-9-12-16-19)23-22(7-3,8-4)20-17-13-10-14-18-20/h1,3,6,8-18H,2,4H2. The van der Waals surface area contributed by atoms with Crippen LogP contribution in [-0.2, 0) is 15.9 Å². The molecule has 2 aromatic rings. The van der Waals surface area contributed by atoms with E-state index in [9.17, 15) is 0 Å². The fraction of sp³-hybridized carbons (Fsp3) is 0.0909. The summed E-state index contributed by atoms with van der Waals surface area (Å²) in [6, 6.07) is 18.9. The summed E-state index contributed by atoms with van der Waals surface area (Å²) in [7, 11) is 0. The van der Waals surface area contributed by atoms with E-state index in [-0.39, 0.29) is 0 Å². The molecule has 1 nitrogen and oxygen atoms in total. The molecule has 2 unspecified atom stereocenters. The second-order valence-electron chi connectivity index (χ2n) is 5.00. The van der Waals surface area contributed by atoms with Crippen LogP contribution >= 0.6 is 0 Å². The van der Waals surface area contributed by atoms with E-state index < -0.39 is 11.2 Å². The third-order valence-corrected chi connectivity index (χ3v) is 3.73. The predicted molar refractivity (Wildman–Crippen MR) is 95.4 cm³/mol. The molecule has 0 heterocycles. The van der Waals surface area contributed by atoms with Crippen LogP contribution in [0.2, 0.25) is 0 Å². The van der Waals surface area contributed by atoms with Crippen molar-refractivity contribution in [1.82, 2.24) is 0 Å². The molecule has 2 aromatic carbocycles. The molecular formula is C22H18O. The monoisotopic (exact) mass is 298 g/mol. The average molecular weight is 298 g/mol. The van der Waals surface area contributed by atoms with Crippen molar-refractivity contribution in [3.05, 3.63) is 97.1 Å². The Labute approximate surface area is 138 Å². The maximum Gasteiger partial charge on any atom is 0.175 e. The van der Waals surface area contributed by atoms with Gasteiger partial charge in [0.2, 0.25) is 0 Å². The molecular weight excluding hydrogens is 280 g/mol. The molecule has 0 aliphatic carbocycles. The van der Waals surface area contributed by atoms with E-state index in [2.05, 4.69) is 25.0 Å². The molecule has 0 N–H and O–H groups in total. The predicted octanol–water partition coefficient (Wildman–Crippen LogP) is 4.43. The third kappa shape index (κ3) is 2.97. The SMILES string of the molecule is C#CC(C=C)(OC(C#C)(C=C)c1ccccc1)c1ccccc1. The van der Waals surface area contributed by atoms with Crippen molar-refractivity contribution in [3.8, 4) is 24.7 Å². The molecule has 2 rings (SSSR count). The fourth-order valence-electron chi connectivity index (χ4n) is 2.41. The van der Waals surface area contributed by atoms with E-state index in [0.717, 1.165) is 11.1 Å². The molecule has 0 radical (unpaired) electrons. The first-order valence-corrected chi connectivity index (χ1v) is 7.20. The summed E-state index contributed by atoms with van der Waals surface area (Å²) in [4.78, 5) is 0. The Hall–Kier alpha value is -3.00. The Bertz CT molecular complexity index is 694. The van der Waals surface area contributed by atoms with Crippen LogP contribution in [0.4, 0.5) is 0 Å². The van der Waals surface area contributed by atoms with Crippen molar-refractivity contribution in [3.63, 3.8) is 0 Å². The second kappa shape index (κ2) is 6.84. The molecule has 1 heteroatoms. The second-order valence-corrected chi connectivity index (χ2v) is 5.00. The van der Waals surface area contributed by atoms with Gasteiger partial charge in [-0.05, 0) is 12.2 Å². The van der Waals surface area contributed by atoms with Gasteiger partial charge in [0.05, 0.1) is 0 Å². The molecule has 2 atom stereocenters. The maximum atomic E-state index is 6.29. The minimum Gasteiger partial charge on any atom is -0.328 e. The molecule has 0 aliphatic rings. The van der Waals surface area contributed by atoms with Gasteiger partial charge >= 0.3 is 0 Å². The molecule has 23 heavy (non-hydrogen) atoms. The Balaban J connectivity index is 2.58. The van der Waals surface area contributed by atoms with Gasteiger partial charge in [-0.3, -0.25) is 0 Å². The van der Waals surface area contributed by atoms with Crippen LogP contribution in [0.5, 0.6) is 0 Å². The number of terminal acetylenes is 2. The van der Waals surface area contributed by atoms with Crippen LogP contribution in [0.3, 0.4) is 0 Å². The summed E-state index contributed by atoms with van der Waals surface area (Å²) < 4.78 is 6.29. The Morgan fingerprint density at radius 1 is 0.739 bits per heavy atom. The van der Waals surface area contributed by atoms with E-state index in [1.54, 1.807) is 12.2 Å². The number of hydrogen-bond acceptors (Lipinski definition) is 1. The highest BCUT2D eigenvalue weighted by Crippen LogP contribution is 2.37. The molecule has 0 saturated heterocycles. The molecule has 112 valence electrons. The zero-order chi connectivity index (χ0) is 16.8. The van der Waals surface area contributed by atoms with Crippen LogP contribution < -0.4 is 0 Å². The van der Waals surface area contributed by atoms with Gasteiger partial charge in [-0.15, -0.1) is 12.8 Å². The summed E-state index contributed by atoms with van der Waals surface area (Å²) in [5.41, 5.74) is -0.736. The third-order valence-electron chi connectivity index (χ3n) is 3.73. The quantitative estimate of drug-likeness (QED) is 0.566. The van der Waals surface area contributed by atoms with Gasteiger partial charge in [-0.1, -0.05) is 85.7 Å². The van der Waals surface area contributed by atoms with Crippen molar-refractivity contribution in [1.29, 1.82) is 0 Å². The van der Waals surface area contributed by atoms with Gasteiger partial charge in [0.15, 0.2) is 11.2 Å². The zero-order valence-corrected chi connectivity index (χ0v) is 12.9. The van der Waals surface area contributed by atoms with Crippen molar-refractivity contribution in [2.45, 2.75) is 11.2 Å². The lowest BCUT2D eigenvalue weighted by atomic mass is 9.89. The smallest absolute Gasteiger partial charge is 0.175 e. The lowest BCUT2D eigenvalue weighted by molar-refractivity contribution is -0.0511. The number of ether oxygens (including phenoxy) is 1. The van der Waals surface area contributed by atoms with Gasteiger partial charge in [-0.25, -0.2) is 0 Å². The summed E-state index contributed by atoms with van der Waals surface area (Å²) in [5, 5.41) is 0. The van der Waals surface area contributed by atoms with Crippen LogP contribution in [0.25, 0.3) is 0 Å². The Kier molecular flexibility index (Phi) is 4.87. The summed E-state index contributed by atoms with van der Waals surface area (Å²) in [6.45, 7) is 7.71. The normalized spacial score (nSPS) is 15.2. The lowest BCUT2D eigenvalue weighted by Crippen LogP contribution is -2.37. The summed E-state index contributed by atoms with van der Waals surface area (Å²) in [6.07, 6.45) is 14.8. The zero-order valence-electron chi connectivity index (χ0n) is 12.9. The van der Waals surface area contributed by atoms with Gasteiger partial charge < -0.3 is 4.74 Å². The van der Waals surface area contributed by atoms with E-state index in [1.165, 1.54) is 0 Å². The summed E-state index contributed by atoms with van der Waals surface area (Å²) >= 11 is 0. The van der Waals surface area contributed by atoms with Crippen LogP contribution in [-0.4, -0.2) is 0 Å². The highest BCUT2D eigenvalue weighted by atomic mass is 16.5. The van der Waals surface area contributed by atoms with Crippen molar-refractivity contribution in [2.75, 3.05) is 0 Å². The van der Waals surface area contributed by atoms with E-state index in [4.69, 9.17) is 17.6 Å². The van der Waals surface area contributed by atoms with Crippen LogP contribution in [0, 0.1) is 24.7 Å². The largest absolute Gasteiger partial charge is 0.328 e. The summed E-state index contributed by atoms with van der Waals surface area (Å²) in [5.74, 6) is 5.38. The maximum absolute atomic E-state index is 6.29. The van der Waals surface area contributed by atoms with Gasteiger partial charge in [-0.2, -0.15) is 0 Å². The topological polar surface area (TPSA) is 9.23 Å². The Morgan fingerprint density at radius 3 is 1.35 bits per heavy atom. The molecule has 0 spiro atoms. The first kappa shape index (κ1) is 16.4. The molecule has 0 amide bonds. The minimum atomic E-state index is -1.16. The average Bonchev–Trinajstić information content (AvgIpc) is 2.65. The Morgan fingerprint density at radius 2 is 1.09 bits per heavy atom. The van der Waals surface area contributed by atoms with Crippen LogP contribution in [0.15, 0.2) is 86.0 Å². The van der Waals surface area contributed by atoms with Gasteiger partial charge in [0.1, 0.15) is 0 Å². The van der Waals surface area contributed by atoms with Crippen molar-refractivity contribution < 1.29 is 4.74 Å². The van der Waals surface area contributed by atoms with E-state index in [0.29, 0.717) is 0 Å². The number of benzene rings is 2. The van der Waals surface area contributed by atoms with Crippen LogP contribution in [0.1, 0.15) is 11.1 Å². The van der Waals surface area contributed by atoms with Crippen molar-refractivity contribution >= 4 is 0 Å².